The Morgan fingerprint density at radius 1 is 1.20 bits per heavy atom. The minimum absolute atomic E-state index is 0.657. The van der Waals surface area contributed by atoms with Crippen LogP contribution in [0.3, 0.4) is 0 Å². The summed E-state index contributed by atoms with van der Waals surface area (Å²) in [7, 11) is 3.89. The van der Waals surface area contributed by atoms with Crippen LogP contribution in [0.4, 0.5) is 0 Å². The van der Waals surface area contributed by atoms with Gasteiger partial charge in [0.25, 0.3) is 0 Å². The predicted molar refractivity (Wildman–Crippen MR) is 86.2 cm³/mol. The van der Waals surface area contributed by atoms with Crippen LogP contribution < -0.4 is 10.1 Å². The molecule has 1 atom stereocenters. The van der Waals surface area contributed by atoms with Crippen molar-refractivity contribution in [3.05, 3.63) is 29.8 Å². The van der Waals surface area contributed by atoms with Crippen molar-refractivity contribution in [3.63, 3.8) is 0 Å². The molecule has 1 rings (SSSR count). The van der Waals surface area contributed by atoms with Gasteiger partial charge < -0.3 is 15.0 Å². The third-order valence-corrected chi connectivity index (χ3v) is 3.26. The number of ether oxygens (including phenoxy) is 1. The van der Waals surface area contributed by atoms with Crippen LogP contribution in [0.15, 0.2) is 24.3 Å². The highest BCUT2D eigenvalue weighted by molar-refractivity contribution is 5.28. The van der Waals surface area contributed by atoms with Crippen LogP contribution in [-0.2, 0) is 6.54 Å². The number of methoxy groups -OCH3 is 1. The summed E-state index contributed by atoms with van der Waals surface area (Å²) in [6, 6.07) is 8.30. The molecular formula is C17H30N2O. The Labute approximate surface area is 124 Å². The molecule has 0 heterocycles. The Balaban J connectivity index is 2.32. The van der Waals surface area contributed by atoms with Gasteiger partial charge in [-0.2, -0.15) is 0 Å². The highest BCUT2D eigenvalue weighted by atomic mass is 16.5. The number of hydrogen-bond acceptors (Lipinski definition) is 3. The average molecular weight is 278 g/mol. The van der Waals surface area contributed by atoms with E-state index in [0.29, 0.717) is 5.92 Å². The first-order chi connectivity index (χ1) is 9.51. The second-order valence-corrected chi connectivity index (χ2v) is 6.21. The molecule has 0 aromatic heterocycles. The van der Waals surface area contributed by atoms with E-state index in [0.717, 1.165) is 37.8 Å². The molecule has 0 fully saturated rings. The summed E-state index contributed by atoms with van der Waals surface area (Å²) in [6.45, 7) is 11.0. The quantitative estimate of drug-likeness (QED) is 0.751. The average Bonchev–Trinajstić information content (AvgIpc) is 2.38. The van der Waals surface area contributed by atoms with E-state index in [-0.39, 0.29) is 0 Å². The molecule has 0 spiro atoms. The van der Waals surface area contributed by atoms with Crippen molar-refractivity contribution in [1.29, 1.82) is 0 Å². The first kappa shape index (κ1) is 17.0. The maximum Gasteiger partial charge on any atom is 0.119 e. The van der Waals surface area contributed by atoms with Crippen molar-refractivity contribution in [1.82, 2.24) is 10.2 Å². The molecule has 1 aromatic carbocycles. The standard InChI is InChI=1S/C17H30N2O/c1-14(2)10-18-11-15(3)12-19(4)13-16-7-6-8-17(9-16)20-5/h6-9,14-15,18H,10-13H2,1-5H3. The SMILES string of the molecule is COc1cccc(CN(C)CC(C)CNCC(C)C)c1. The maximum absolute atomic E-state index is 5.26. The largest absolute Gasteiger partial charge is 0.497 e. The van der Waals surface area contributed by atoms with Gasteiger partial charge in [-0.3, -0.25) is 0 Å². The molecule has 0 radical (unpaired) electrons. The third-order valence-electron chi connectivity index (χ3n) is 3.26. The Kier molecular flexibility index (Phi) is 7.63. The highest BCUT2D eigenvalue weighted by Crippen LogP contribution is 2.14. The number of rotatable bonds is 9. The van der Waals surface area contributed by atoms with Crippen molar-refractivity contribution in [2.75, 3.05) is 33.8 Å². The van der Waals surface area contributed by atoms with Gasteiger partial charge in [0.2, 0.25) is 0 Å². The summed E-state index contributed by atoms with van der Waals surface area (Å²) < 4.78 is 5.26. The fourth-order valence-corrected chi connectivity index (χ4v) is 2.36. The van der Waals surface area contributed by atoms with Crippen LogP contribution in [0.2, 0.25) is 0 Å². The van der Waals surface area contributed by atoms with E-state index in [4.69, 9.17) is 4.74 Å². The Morgan fingerprint density at radius 3 is 2.60 bits per heavy atom. The van der Waals surface area contributed by atoms with Gasteiger partial charge >= 0.3 is 0 Å². The van der Waals surface area contributed by atoms with Gasteiger partial charge in [-0.1, -0.05) is 32.9 Å². The van der Waals surface area contributed by atoms with E-state index < -0.39 is 0 Å². The minimum Gasteiger partial charge on any atom is -0.497 e. The third kappa shape index (κ3) is 6.92. The zero-order chi connectivity index (χ0) is 15.0. The molecule has 0 saturated heterocycles. The molecule has 0 aliphatic carbocycles. The molecule has 3 heteroatoms. The van der Waals surface area contributed by atoms with Gasteiger partial charge in [0.05, 0.1) is 7.11 Å². The van der Waals surface area contributed by atoms with Crippen LogP contribution in [0.1, 0.15) is 26.3 Å². The summed E-state index contributed by atoms with van der Waals surface area (Å²) in [5, 5.41) is 3.53. The molecule has 0 amide bonds. The van der Waals surface area contributed by atoms with Gasteiger partial charge in [-0.25, -0.2) is 0 Å². The predicted octanol–water partition coefficient (Wildman–Crippen LogP) is 3.01. The second kappa shape index (κ2) is 8.98. The van der Waals surface area contributed by atoms with Crippen LogP contribution in [0.25, 0.3) is 0 Å². The van der Waals surface area contributed by atoms with Crippen molar-refractivity contribution in [2.45, 2.75) is 27.3 Å². The maximum atomic E-state index is 5.26. The topological polar surface area (TPSA) is 24.5 Å². The Hall–Kier alpha value is -1.06. The minimum atomic E-state index is 0.657. The molecule has 0 saturated carbocycles. The van der Waals surface area contributed by atoms with Gasteiger partial charge in [0.15, 0.2) is 0 Å². The van der Waals surface area contributed by atoms with E-state index in [2.05, 4.69) is 56.2 Å². The smallest absolute Gasteiger partial charge is 0.119 e. The molecule has 1 N–H and O–H groups in total. The molecule has 0 aliphatic rings. The molecular weight excluding hydrogens is 248 g/mol. The van der Waals surface area contributed by atoms with Crippen LogP contribution in [0.5, 0.6) is 5.75 Å². The van der Waals surface area contributed by atoms with Gasteiger partial charge in [-0.15, -0.1) is 0 Å². The molecule has 20 heavy (non-hydrogen) atoms. The second-order valence-electron chi connectivity index (χ2n) is 6.21. The molecule has 0 aliphatic heterocycles. The van der Waals surface area contributed by atoms with E-state index in [1.807, 2.05) is 6.07 Å². The highest BCUT2D eigenvalue weighted by Gasteiger charge is 2.07. The fraction of sp³-hybridized carbons (Fsp3) is 0.647. The monoisotopic (exact) mass is 278 g/mol. The lowest BCUT2D eigenvalue weighted by Gasteiger charge is -2.22. The van der Waals surface area contributed by atoms with E-state index in [1.54, 1.807) is 7.11 Å². The van der Waals surface area contributed by atoms with Crippen LogP contribution >= 0.6 is 0 Å². The van der Waals surface area contributed by atoms with Gasteiger partial charge in [0, 0.05) is 13.1 Å². The lowest BCUT2D eigenvalue weighted by Crippen LogP contribution is -2.32. The van der Waals surface area contributed by atoms with E-state index >= 15 is 0 Å². The number of hydrogen-bond donors (Lipinski definition) is 1. The lowest BCUT2D eigenvalue weighted by molar-refractivity contribution is 0.272. The van der Waals surface area contributed by atoms with Gasteiger partial charge in [-0.05, 0) is 49.7 Å². The summed E-state index contributed by atoms with van der Waals surface area (Å²) in [4.78, 5) is 2.37. The Bertz CT molecular complexity index is 379. The first-order valence-electron chi connectivity index (χ1n) is 7.53. The summed E-state index contributed by atoms with van der Waals surface area (Å²) >= 11 is 0. The summed E-state index contributed by atoms with van der Waals surface area (Å²) in [6.07, 6.45) is 0. The Morgan fingerprint density at radius 2 is 1.95 bits per heavy atom. The number of nitrogens with zero attached hydrogens (tertiary/aromatic N) is 1. The van der Waals surface area contributed by atoms with Crippen LogP contribution in [-0.4, -0.2) is 38.7 Å². The lowest BCUT2D eigenvalue weighted by atomic mass is 10.1. The normalized spacial score (nSPS) is 12.9. The number of benzene rings is 1. The summed E-state index contributed by atoms with van der Waals surface area (Å²) in [5.74, 6) is 2.31. The fourth-order valence-electron chi connectivity index (χ4n) is 2.36. The molecule has 1 aromatic rings. The van der Waals surface area contributed by atoms with Gasteiger partial charge in [0.1, 0.15) is 5.75 Å². The van der Waals surface area contributed by atoms with Crippen molar-refractivity contribution in [3.8, 4) is 5.75 Å². The van der Waals surface area contributed by atoms with Crippen molar-refractivity contribution >= 4 is 0 Å². The summed E-state index contributed by atoms with van der Waals surface area (Å²) in [5.41, 5.74) is 1.30. The number of nitrogens with one attached hydrogen (secondary N) is 1. The van der Waals surface area contributed by atoms with Crippen LogP contribution in [0, 0.1) is 11.8 Å². The van der Waals surface area contributed by atoms with E-state index in [9.17, 15) is 0 Å². The molecule has 0 bridgehead atoms. The molecule has 3 nitrogen and oxygen atoms in total. The van der Waals surface area contributed by atoms with Crippen molar-refractivity contribution in [2.24, 2.45) is 11.8 Å². The molecule has 114 valence electrons. The van der Waals surface area contributed by atoms with Crippen molar-refractivity contribution < 1.29 is 4.74 Å². The molecule has 1 unspecified atom stereocenters. The zero-order valence-electron chi connectivity index (χ0n) is 13.6. The van der Waals surface area contributed by atoms with E-state index in [1.165, 1.54) is 5.56 Å². The first-order valence-corrected chi connectivity index (χ1v) is 7.53. The zero-order valence-corrected chi connectivity index (χ0v) is 13.6.